The average Bonchev–Trinajstić information content (AvgIpc) is 2.96. The van der Waals surface area contributed by atoms with Crippen molar-refractivity contribution in [2.24, 2.45) is 0 Å². The van der Waals surface area contributed by atoms with E-state index in [1.807, 2.05) is 0 Å². The van der Waals surface area contributed by atoms with Crippen molar-refractivity contribution in [1.29, 1.82) is 0 Å². The Morgan fingerprint density at radius 2 is 1.68 bits per heavy atom. The van der Waals surface area contributed by atoms with E-state index in [4.69, 9.17) is 9.26 Å². The van der Waals surface area contributed by atoms with Gasteiger partial charge in [-0.2, -0.15) is 4.98 Å². The molecule has 0 aliphatic heterocycles. The van der Waals surface area contributed by atoms with Gasteiger partial charge in [-0.25, -0.2) is 13.2 Å². The van der Waals surface area contributed by atoms with Gasteiger partial charge in [0.15, 0.2) is 18.2 Å². The van der Waals surface area contributed by atoms with Gasteiger partial charge in [0.2, 0.25) is 5.82 Å². The van der Waals surface area contributed by atoms with E-state index in [9.17, 15) is 13.2 Å². The van der Waals surface area contributed by atoms with Crippen molar-refractivity contribution < 1.29 is 22.4 Å². The lowest BCUT2D eigenvalue weighted by Crippen LogP contribution is -1.98. The van der Waals surface area contributed by atoms with Gasteiger partial charge >= 0.3 is 0 Å². The molecule has 0 atom stereocenters. The molecular formula is C15H9F3N2O2. The van der Waals surface area contributed by atoms with Crippen LogP contribution in [-0.4, -0.2) is 10.1 Å². The lowest BCUT2D eigenvalue weighted by atomic mass is 10.2. The quantitative estimate of drug-likeness (QED) is 0.737. The number of rotatable bonds is 4. The highest BCUT2D eigenvalue weighted by Gasteiger charge is 2.11. The highest BCUT2D eigenvalue weighted by molar-refractivity contribution is 5.53. The minimum Gasteiger partial charge on any atom is -0.481 e. The van der Waals surface area contributed by atoms with E-state index in [0.717, 1.165) is 6.07 Å². The summed E-state index contributed by atoms with van der Waals surface area (Å²) in [5, 5.41) is 3.72. The summed E-state index contributed by atoms with van der Waals surface area (Å²) < 4.78 is 49.1. The Morgan fingerprint density at radius 3 is 2.41 bits per heavy atom. The molecule has 0 unspecified atom stereocenters. The summed E-state index contributed by atoms with van der Waals surface area (Å²) in [7, 11) is 0. The Bertz CT molecular complexity index is 788. The molecule has 1 heterocycles. The van der Waals surface area contributed by atoms with Crippen molar-refractivity contribution in [1.82, 2.24) is 10.1 Å². The molecule has 0 aliphatic rings. The van der Waals surface area contributed by atoms with Crippen molar-refractivity contribution in [2.45, 2.75) is 6.61 Å². The molecule has 0 amide bonds. The second-order valence-electron chi connectivity index (χ2n) is 4.38. The molecule has 0 fully saturated rings. The van der Waals surface area contributed by atoms with Crippen LogP contribution in [0.3, 0.4) is 0 Å². The minimum absolute atomic E-state index is 0.114. The average molecular weight is 306 g/mol. The molecule has 0 aliphatic carbocycles. The third-order valence-electron chi connectivity index (χ3n) is 2.82. The molecule has 3 rings (SSSR count). The molecule has 112 valence electrons. The van der Waals surface area contributed by atoms with Crippen molar-refractivity contribution in [3.05, 3.63) is 65.8 Å². The first-order chi connectivity index (χ1) is 10.6. The van der Waals surface area contributed by atoms with Crippen LogP contribution in [0, 0.1) is 17.5 Å². The first kappa shape index (κ1) is 14.1. The lowest BCUT2D eigenvalue weighted by molar-refractivity contribution is 0.234. The van der Waals surface area contributed by atoms with Crippen LogP contribution in [0.5, 0.6) is 5.75 Å². The molecule has 7 heteroatoms. The highest BCUT2D eigenvalue weighted by atomic mass is 19.1. The van der Waals surface area contributed by atoms with Gasteiger partial charge in [-0.1, -0.05) is 5.16 Å². The molecule has 0 radical (unpaired) electrons. The van der Waals surface area contributed by atoms with Crippen LogP contribution in [-0.2, 0) is 6.61 Å². The fraction of sp³-hybridized carbons (Fsp3) is 0.0667. The van der Waals surface area contributed by atoms with Crippen molar-refractivity contribution in [2.75, 3.05) is 0 Å². The van der Waals surface area contributed by atoms with Crippen LogP contribution < -0.4 is 4.74 Å². The van der Waals surface area contributed by atoms with E-state index in [-0.39, 0.29) is 29.9 Å². The first-order valence-corrected chi connectivity index (χ1v) is 6.28. The number of ether oxygens (including phenoxy) is 1. The van der Waals surface area contributed by atoms with Gasteiger partial charge in [0.1, 0.15) is 11.6 Å². The van der Waals surface area contributed by atoms with Gasteiger partial charge in [0, 0.05) is 11.6 Å². The Kier molecular flexibility index (Phi) is 3.78. The predicted molar refractivity (Wildman–Crippen MR) is 70.4 cm³/mol. The Balaban J connectivity index is 1.70. The number of nitrogens with zero attached hydrogens (tertiary/aromatic N) is 2. The van der Waals surface area contributed by atoms with Gasteiger partial charge in [0.25, 0.3) is 5.89 Å². The maximum absolute atomic E-state index is 13.4. The largest absolute Gasteiger partial charge is 0.481 e. The van der Waals surface area contributed by atoms with Crippen molar-refractivity contribution in [3.8, 4) is 17.1 Å². The van der Waals surface area contributed by atoms with E-state index in [1.54, 1.807) is 0 Å². The lowest BCUT2D eigenvalue weighted by Gasteiger charge is -2.03. The van der Waals surface area contributed by atoms with Crippen LogP contribution >= 0.6 is 0 Å². The smallest absolute Gasteiger partial charge is 0.264 e. The summed E-state index contributed by atoms with van der Waals surface area (Å²) in [6, 6.07) is 8.52. The summed E-state index contributed by atoms with van der Waals surface area (Å²) >= 11 is 0. The Hall–Kier alpha value is -2.83. The van der Waals surface area contributed by atoms with E-state index < -0.39 is 11.6 Å². The summed E-state index contributed by atoms with van der Waals surface area (Å²) in [5.74, 6) is -1.63. The molecule has 22 heavy (non-hydrogen) atoms. The zero-order chi connectivity index (χ0) is 15.5. The first-order valence-electron chi connectivity index (χ1n) is 6.28. The second-order valence-corrected chi connectivity index (χ2v) is 4.38. The van der Waals surface area contributed by atoms with Crippen LogP contribution in [0.15, 0.2) is 47.0 Å². The Morgan fingerprint density at radius 1 is 0.955 bits per heavy atom. The zero-order valence-corrected chi connectivity index (χ0v) is 11.1. The van der Waals surface area contributed by atoms with Gasteiger partial charge < -0.3 is 9.26 Å². The topological polar surface area (TPSA) is 48.2 Å². The molecule has 0 saturated heterocycles. The van der Waals surface area contributed by atoms with Gasteiger partial charge in [-0.05, 0) is 36.4 Å². The monoisotopic (exact) mass is 306 g/mol. The third-order valence-corrected chi connectivity index (χ3v) is 2.82. The fourth-order valence-corrected chi connectivity index (χ4v) is 1.76. The molecule has 0 spiro atoms. The third kappa shape index (κ3) is 3.08. The summed E-state index contributed by atoms with van der Waals surface area (Å²) in [4.78, 5) is 4.05. The molecule has 1 aromatic heterocycles. The number of benzene rings is 2. The number of aromatic nitrogens is 2. The molecule has 2 aromatic carbocycles. The number of hydrogen-bond donors (Lipinski definition) is 0. The zero-order valence-electron chi connectivity index (χ0n) is 11.1. The summed E-state index contributed by atoms with van der Waals surface area (Å²) in [6.45, 7) is -0.170. The van der Waals surface area contributed by atoms with Crippen LogP contribution in [0.25, 0.3) is 11.4 Å². The molecule has 4 nitrogen and oxygen atoms in total. The SMILES string of the molecule is Fc1ccc(-c2noc(COc3ccc(F)cc3F)n2)cc1. The maximum atomic E-state index is 13.4. The van der Waals surface area contributed by atoms with E-state index in [2.05, 4.69) is 10.1 Å². The maximum Gasteiger partial charge on any atom is 0.264 e. The molecule has 0 saturated carbocycles. The van der Waals surface area contributed by atoms with Gasteiger partial charge in [0.05, 0.1) is 0 Å². The molecule has 0 N–H and O–H groups in total. The highest BCUT2D eigenvalue weighted by Crippen LogP contribution is 2.20. The van der Waals surface area contributed by atoms with E-state index >= 15 is 0 Å². The standard InChI is InChI=1S/C15H9F3N2O2/c16-10-3-1-9(2-4-10)15-19-14(22-20-15)8-21-13-6-5-11(17)7-12(13)18/h1-7H,8H2. The van der Waals surface area contributed by atoms with Gasteiger partial charge in [-0.3, -0.25) is 0 Å². The van der Waals surface area contributed by atoms with E-state index in [1.165, 1.54) is 30.3 Å². The number of hydrogen-bond acceptors (Lipinski definition) is 4. The van der Waals surface area contributed by atoms with Crippen molar-refractivity contribution in [3.63, 3.8) is 0 Å². The van der Waals surface area contributed by atoms with E-state index in [0.29, 0.717) is 11.6 Å². The predicted octanol–water partition coefficient (Wildman–Crippen LogP) is 3.73. The number of halogens is 3. The van der Waals surface area contributed by atoms with Gasteiger partial charge in [-0.15, -0.1) is 0 Å². The normalized spacial score (nSPS) is 10.7. The van der Waals surface area contributed by atoms with Crippen molar-refractivity contribution >= 4 is 0 Å². The molecule has 0 bridgehead atoms. The second kappa shape index (κ2) is 5.88. The summed E-state index contributed by atoms with van der Waals surface area (Å²) in [6.07, 6.45) is 0. The molecular weight excluding hydrogens is 297 g/mol. The fourth-order valence-electron chi connectivity index (χ4n) is 1.76. The van der Waals surface area contributed by atoms with Crippen LogP contribution in [0.1, 0.15) is 5.89 Å². The molecule has 3 aromatic rings. The van der Waals surface area contributed by atoms with Crippen LogP contribution in [0.2, 0.25) is 0 Å². The van der Waals surface area contributed by atoms with Crippen LogP contribution in [0.4, 0.5) is 13.2 Å². The summed E-state index contributed by atoms with van der Waals surface area (Å²) in [5.41, 5.74) is 0.573. The Labute approximate surface area is 123 Å². The minimum atomic E-state index is -0.821.